The highest BCUT2D eigenvalue weighted by molar-refractivity contribution is 7.14. The number of benzene rings is 2. The number of carboxylic acids is 1. The number of nitrogens with zero attached hydrogens (tertiary/aromatic N) is 3. The zero-order chi connectivity index (χ0) is 23.7. The summed E-state index contributed by atoms with van der Waals surface area (Å²) in [6.45, 7) is 5.88. The number of amides is 1. The highest BCUT2D eigenvalue weighted by Crippen LogP contribution is 2.37. The molecule has 0 radical (unpaired) electrons. The van der Waals surface area contributed by atoms with Gasteiger partial charge in [-0.05, 0) is 37.1 Å². The monoisotopic (exact) mass is 482 g/mol. The Morgan fingerprint density at radius 3 is 2.70 bits per heavy atom. The number of aliphatic carboxylic acids is 1. The minimum absolute atomic E-state index is 0.0652. The predicted octanol–water partition coefficient (Wildman–Crippen LogP) is 4.98. The molecule has 7 nitrogen and oxygen atoms in total. The zero-order valence-corrected chi connectivity index (χ0v) is 20.0. The third-order valence-corrected chi connectivity index (χ3v) is 6.69. The van der Waals surface area contributed by atoms with Crippen molar-refractivity contribution < 1.29 is 14.7 Å². The van der Waals surface area contributed by atoms with Gasteiger partial charge in [0, 0.05) is 20.8 Å². The molecular formula is C24H23ClN4O3S. The van der Waals surface area contributed by atoms with Crippen molar-refractivity contribution in [2.75, 3.05) is 6.54 Å². The summed E-state index contributed by atoms with van der Waals surface area (Å²) in [4.78, 5) is 29.1. The van der Waals surface area contributed by atoms with E-state index in [0.717, 1.165) is 32.6 Å². The molecular weight excluding hydrogens is 460 g/mol. The molecule has 0 aliphatic heterocycles. The molecule has 2 aromatic heterocycles. The zero-order valence-electron chi connectivity index (χ0n) is 18.4. The van der Waals surface area contributed by atoms with E-state index in [1.54, 1.807) is 28.2 Å². The molecule has 0 aliphatic rings. The molecule has 2 heterocycles. The molecule has 0 atom stereocenters. The Bertz CT molecular complexity index is 1360. The number of aromatic nitrogens is 3. The summed E-state index contributed by atoms with van der Waals surface area (Å²) in [6.07, 6.45) is -0.0652. The third-order valence-electron chi connectivity index (χ3n) is 5.12. The molecule has 0 spiro atoms. The number of hydrogen-bond acceptors (Lipinski definition) is 5. The average Bonchev–Trinajstić information content (AvgIpc) is 3.34. The number of halogens is 1. The molecule has 2 aromatic carbocycles. The van der Waals surface area contributed by atoms with E-state index >= 15 is 0 Å². The Hall–Kier alpha value is -3.23. The van der Waals surface area contributed by atoms with Gasteiger partial charge in [-0.1, -0.05) is 60.5 Å². The van der Waals surface area contributed by atoms with Crippen LogP contribution in [0.2, 0.25) is 5.02 Å². The lowest BCUT2D eigenvalue weighted by Gasteiger charge is -2.05. The van der Waals surface area contributed by atoms with E-state index in [1.165, 1.54) is 0 Å². The normalized spacial score (nSPS) is 11.3. The quantitative estimate of drug-likeness (QED) is 0.387. The second-order valence-electron chi connectivity index (χ2n) is 8.10. The molecule has 1 amide bonds. The molecule has 0 unspecified atom stereocenters. The first-order valence-corrected chi connectivity index (χ1v) is 11.7. The van der Waals surface area contributed by atoms with Gasteiger partial charge in [0.1, 0.15) is 6.54 Å². The van der Waals surface area contributed by atoms with Crippen LogP contribution >= 0.6 is 22.9 Å². The molecule has 0 saturated heterocycles. The van der Waals surface area contributed by atoms with E-state index in [1.807, 2.05) is 12.1 Å². The van der Waals surface area contributed by atoms with Gasteiger partial charge in [0.25, 0.3) is 0 Å². The van der Waals surface area contributed by atoms with Crippen molar-refractivity contribution in [3.8, 4) is 16.4 Å². The van der Waals surface area contributed by atoms with Crippen molar-refractivity contribution in [2.45, 2.75) is 33.1 Å². The van der Waals surface area contributed by atoms with E-state index in [0.29, 0.717) is 15.8 Å². The Kier molecular flexibility index (Phi) is 6.49. The minimum atomic E-state index is -1.10. The number of rotatable bonds is 7. The van der Waals surface area contributed by atoms with Gasteiger partial charge in [0.05, 0.1) is 23.3 Å². The fourth-order valence-corrected chi connectivity index (χ4v) is 4.85. The highest BCUT2D eigenvalue weighted by atomic mass is 35.5. The summed E-state index contributed by atoms with van der Waals surface area (Å²) in [5.41, 5.74) is 4.42. The Morgan fingerprint density at radius 1 is 1.21 bits per heavy atom. The van der Waals surface area contributed by atoms with Gasteiger partial charge < -0.3 is 10.4 Å². The molecule has 2 N–H and O–H groups in total. The first-order chi connectivity index (χ1) is 15.7. The number of carbonyl (C=O) groups is 2. The molecule has 4 rings (SSSR count). The van der Waals surface area contributed by atoms with Crippen LogP contribution in [0, 0.1) is 6.92 Å². The maximum absolute atomic E-state index is 12.3. The van der Waals surface area contributed by atoms with E-state index in [-0.39, 0.29) is 12.3 Å². The van der Waals surface area contributed by atoms with Crippen LogP contribution in [0.1, 0.15) is 35.9 Å². The molecule has 0 bridgehead atoms. The number of nitrogens with one attached hydrogen (secondary N) is 1. The van der Waals surface area contributed by atoms with Crippen LogP contribution in [0.15, 0.2) is 42.5 Å². The van der Waals surface area contributed by atoms with E-state index in [2.05, 4.69) is 44.3 Å². The lowest BCUT2D eigenvalue weighted by atomic mass is 10.0. The summed E-state index contributed by atoms with van der Waals surface area (Å²) in [5, 5.41) is 17.8. The topological polar surface area (TPSA) is 97.1 Å². The van der Waals surface area contributed by atoms with Crippen LogP contribution in [0.25, 0.3) is 27.3 Å². The van der Waals surface area contributed by atoms with Gasteiger partial charge in [-0.15, -0.1) is 0 Å². The first-order valence-electron chi connectivity index (χ1n) is 10.5. The number of carboxylic acid groups (broad SMARTS) is 1. The van der Waals surface area contributed by atoms with Gasteiger partial charge in [-0.2, -0.15) is 5.10 Å². The Morgan fingerprint density at radius 2 is 2.00 bits per heavy atom. The Labute approximate surface area is 200 Å². The van der Waals surface area contributed by atoms with E-state index < -0.39 is 18.4 Å². The smallest absolute Gasteiger partial charge is 0.322 e. The average molecular weight is 483 g/mol. The van der Waals surface area contributed by atoms with E-state index in [4.69, 9.17) is 26.8 Å². The number of hydrogen-bond donors (Lipinski definition) is 2. The molecule has 9 heteroatoms. The van der Waals surface area contributed by atoms with Gasteiger partial charge >= 0.3 is 5.97 Å². The van der Waals surface area contributed by atoms with Crippen LogP contribution in [-0.2, 0) is 16.0 Å². The molecule has 33 heavy (non-hydrogen) atoms. The van der Waals surface area contributed by atoms with Gasteiger partial charge in [-0.3, -0.25) is 9.59 Å². The van der Waals surface area contributed by atoms with Crippen molar-refractivity contribution in [3.63, 3.8) is 0 Å². The number of fused-ring (bicyclic) bond motifs is 1. The van der Waals surface area contributed by atoms with Crippen molar-refractivity contribution in [1.29, 1.82) is 0 Å². The van der Waals surface area contributed by atoms with E-state index in [9.17, 15) is 9.59 Å². The molecule has 4 aromatic rings. The maximum atomic E-state index is 12.3. The van der Waals surface area contributed by atoms with Gasteiger partial charge in [0.2, 0.25) is 11.0 Å². The highest BCUT2D eigenvalue weighted by Gasteiger charge is 2.21. The summed E-state index contributed by atoms with van der Waals surface area (Å²) >= 11 is 7.79. The summed E-state index contributed by atoms with van der Waals surface area (Å²) < 4.78 is 1.74. The minimum Gasteiger partial charge on any atom is -0.480 e. The lowest BCUT2D eigenvalue weighted by molar-refractivity contribution is -0.137. The largest absolute Gasteiger partial charge is 0.480 e. The first kappa shape index (κ1) is 22.9. The van der Waals surface area contributed by atoms with Crippen LogP contribution in [0.5, 0.6) is 0 Å². The second-order valence-corrected chi connectivity index (χ2v) is 9.55. The third kappa shape index (κ3) is 4.91. The predicted molar refractivity (Wildman–Crippen MR) is 130 cm³/mol. The summed E-state index contributed by atoms with van der Waals surface area (Å²) in [5.74, 6) is -1.26. The number of aryl methyl sites for hydroxylation is 1. The lowest BCUT2D eigenvalue weighted by Crippen LogP contribution is -2.30. The summed E-state index contributed by atoms with van der Waals surface area (Å²) in [7, 11) is 0. The van der Waals surface area contributed by atoms with Crippen LogP contribution in [0.3, 0.4) is 0 Å². The van der Waals surface area contributed by atoms with Crippen molar-refractivity contribution >= 4 is 45.7 Å². The Balaban J connectivity index is 1.81. The molecule has 0 saturated carbocycles. The van der Waals surface area contributed by atoms with Crippen LogP contribution in [-0.4, -0.2) is 38.3 Å². The molecule has 0 fully saturated rings. The SMILES string of the molecule is Cc1cccc(-c2nc(-n3nc(CC(=O)NCC(=O)O)c4cc(Cl)ccc43)sc2C(C)C)c1. The van der Waals surface area contributed by atoms with Crippen LogP contribution in [0.4, 0.5) is 0 Å². The number of carbonyl (C=O) groups excluding carboxylic acids is 1. The van der Waals surface area contributed by atoms with Crippen LogP contribution < -0.4 is 5.32 Å². The summed E-state index contributed by atoms with van der Waals surface area (Å²) in [6, 6.07) is 13.6. The van der Waals surface area contributed by atoms with Gasteiger partial charge in [0.15, 0.2) is 0 Å². The van der Waals surface area contributed by atoms with Crippen molar-refractivity contribution in [2.24, 2.45) is 0 Å². The van der Waals surface area contributed by atoms with Crippen molar-refractivity contribution in [3.05, 3.63) is 63.6 Å². The van der Waals surface area contributed by atoms with Crippen molar-refractivity contribution in [1.82, 2.24) is 20.1 Å². The van der Waals surface area contributed by atoms with Gasteiger partial charge in [-0.25, -0.2) is 9.67 Å². The standard InChI is InChI=1S/C24H23ClN4O3S/c1-13(2)23-22(15-6-4-5-14(3)9-15)27-24(33-23)29-19-8-7-16(25)10-17(19)18(28-29)11-20(30)26-12-21(31)32/h4-10,13H,11-12H2,1-3H3,(H,26,30)(H,31,32). The molecule has 170 valence electrons. The number of thiazole rings is 1. The maximum Gasteiger partial charge on any atom is 0.322 e. The molecule has 0 aliphatic carbocycles. The fourth-order valence-electron chi connectivity index (χ4n) is 3.62. The fraction of sp³-hybridized carbons (Fsp3) is 0.250. The second kappa shape index (κ2) is 9.33.